The third-order valence-corrected chi connectivity index (χ3v) is 3.95. The topological polar surface area (TPSA) is 99.2 Å². The van der Waals surface area contributed by atoms with Crippen LogP contribution in [0.25, 0.3) is 11.3 Å². The molecule has 0 aliphatic carbocycles. The molecule has 2 radical (unpaired) electrons. The minimum absolute atomic E-state index is 0.0205. The van der Waals surface area contributed by atoms with Crippen molar-refractivity contribution in [3.8, 4) is 11.3 Å². The maximum absolute atomic E-state index is 12.6. The zero-order valence-electron chi connectivity index (χ0n) is 16.7. The monoisotopic (exact) mass is 382 g/mol. The van der Waals surface area contributed by atoms with E-state index in [0.717, 1.165) is 19.3 Å². The van der Waals surface area contributed by atoms with Crippen molar-refractivity contribution in [1.82, 2.24) is 9.55 Å². The number of ether oxygens (including phenoxy) is 1. The van der Waals surface area contributed by atoms with Gasteiger partial charge in [0.1, 0.15) is 5.60 Å². The fraction of sp³-hybridized carbons (Fsp3) is 0.450. The Morgan fingerprint density at radius 2 is 1.93 bits per heavy atom. The van der Waals surface area contributed by atoms with Crippen LogP contribution in [0.1, 0.15) is 46.5 Å². The van der Waals surface area contributed by atoms with Gasteiger partial charge in [-0.3, -0.25) is 4.79 Å². The fourth-order valence-corrected chi connectivity index (χ4v) is 2.69. The van der Waals surface area contributed by atoms with Gasteiger partial charge in [-0.1, -0.05) is 37.4 Å². The molecular weight excluding hydrogens is 355 g/mol. The molecule has 7 nitrogen and oxygen atoms in total. The molecule has 0 atom stereocenters. The van der Waals surface area contributed by atoms with Crippen molar-refractivity contribution in [3.05, 3.63) is 30.5 Å². The van der Waals surface area contributed by atoms with Crippen molar-refractivity contribution in [1.29, 1.82) is 0 Å². The lowest BCUT2D eigenvalue weighted by Gasteiger charge is -2.21. The number of carbonyl (C=O) groups is 2. The molecule has 1 aromatic carbocycles. The number of carbonyl (C=O) groups excluding carboxylic acids is 2. The summed E-state index contributed by atoms with van der Waals surface area (Å²) in [5.41, 5.74) is 6.88. The summed E-state index contributed by atoms with van der Waals surface area (Å²) in [6.45, 7) is 5.32. The molecule has 0 bridgehead atoms. The lowest BCUT2D eigenvalue weighted by atomic mass is 9.99. The Kier molecular flexibility index (Phi) is 7.26. The van der Waals surface area contributed by atoms with Crippen LogP contribution in [0.5, 0.6) is 0 Å². The maximum atomic E-state index is 12.6. The molecule has 8 heteroatoms. The Balaban J connectivity index is 2.25. The number of benzene rings is 1. The Morgan fingerprint density at radius 1 is 1.21 bits per heavy atom. The maximum Gasteiger partial charge on any atom is 0.421 e. The quantitative estimate of drug-likeness (QED) is 0.557. The largest absolute Gasteiger partial charge is 0.443 e. The second kappa shape index (κ2) is 9.44. The minimum atomic E-state index is -0.678. The summed E-state index contributed by atoms with van der Waals surface area (Å²) in [7, 11) is 5.48. The summed E-state index contributed by atoms with van der Waals surface area (Å²) < 4.78 is 6.63. The molecule has 0 fully saturated rings. The highest BCUT2D eigenvalue weighted by Crippen LogP contribution is 2.30. The highest BCUT2D eigenvalue weighted by atomic mass is 16.6. The molecule has 0 aliphatic heterocycles. The van der Waals surface area contributed by atoms with Crippen molar-refractivity contribution in [2.75, 3.05) is 11.1 Å². The molecule has 3 N–H and O–H groups in total. The number of nitrogens with two attached hydrogens (primary N) is 1. The van der Waals surface area contributed by atoms with Crippen molar-refractivity contribution < 1.29 is 14.3 Å². The first-order chi connectivity index (χ1) is 13.2. The SMILES string of the molecule is [B]CCCCCC(=O)Nc1ccccc1-c1cnc(N)n1C(=O)OC(C)(C)C. The molecular formula is C20H27BN4O3. The van der Waals surface area contributed by atoms with E-state index in [1.165, 1.54) is 10.8 Å². The van der Waals surface area contributed by atoms with E-state index in [1.807, 2.05) is 12.1 Å². The molecule has 1 heterocycles. The molecule has 1 amide bonds. The van der Waals surface area contributed by atoms with Crippen LogP contribution in [-0.4, -0.2) is 35.0 Å². The average molecular weight is 382 g/mol. The summed E-state index contributed by atoms with van der Waals surface area (Å²) >= 11 is 0. The van der Waals surface area contributed by atoms with Crippen molar-refractivity contribution in [2.24, 2.45) is 0 Å². The van der Waals surface area contributed by atoms with Gasteiger partial charge in [0, 0.05) is 12.0 Å². The highest BCUT2D eigenvalue weighted by Gasteiger charge is 2.24. The van der Waals surface area contributed by atoms with Gasteiger partial charge in [0.25, 0.3) is 0 Å². The number of hydrogen-bond donors (Lipinski definition) is 2. The lowest BCUT2D eigenvalue weighted by Crippen LogP contribution is -2.28. The van der Waals surface area contributed by atoms with Crippen LogP contribution >= 0.6 is 0 Å². The standard InChI is InChI=1S/C20H27BN4O3/c1-20(2,3)28-19(27)25-16(13-23-18(25)22)14-9-6-7-10-15(14)24-17(26)11-5-4-8-12-21/h6-7,9-10,13H,4-5,8,11-12H2,1-3H3,(H2,22,23)(H,24,26). The summed E-state index contributed by atoms with van der Waals surface area (Å²) in [6, 6.07) is 7.19. The van der Waals surface area contributed by atoms with Crippen LogP contribution in [0, 0.1) is 0 Å². The van der Waals surface area contributed by atoms with E-state index in [2.05, 4.69) is 10.3 Å². The van der Waals surface area contributed by atoms with Crippen molar-refractivity contribution in [3.63, 3.8) is 0 Å². The van der Waals surface area contributed by atoms with Crippen LogP contribution in [0.2, 0.25) is 6.32 Å². The van der Waals surface area contributed by atoms with E-state index in [0.29, 0.717) is 29.7 Å². The minimum Gasteiger partial charge on any atom is -0.443 e. The number of unbranched alkanes of at least 4 members (excludes halogenated alkanes) is 2. The van der Waals surface area contributed by atoms with Gasteiger partial charge in [-0.15, -0.1) is 0 Å². The highest BCUT2D eigenvalue weighted by molar-refractivity contribution is 6.08. The van der Waals surface area contributed by atoms with Gasteiger partial charge >= 0.3 is 6.09 Å². The Hall–Kier alpha value is -2.77. The Bertz CT molecular complexity index is 827. The molecule has 0 saturated heterocycles. The fourth-order valence-electron chi connectivity index (χ4n) is 2.69. The number of nitrogens with zero attached hydrogens (tertiary/aromatic N) is 2. The number of para-hydroxylation sites is 1. The second-order valence-corrected chi connectivity index (χ2v) is 7.51. The second-order valence-electron chi connectivity index (χ2n) is 7.51. The number of hydrogen-bond acceptors (Lipinski definition) is 5. The first-order valence-electron chi connectivity index (χ1n) is 9.39. The van der Waals surface area contributed by atoms with Gasteiger partial charge < -0.3 is 15.8 Å². The van der Waals surface area contributed by atoms with E-state index < -0.39 is 11.7 Å². The van der Waals surface area contributed by atoms with Crippen LogP contribution in [0.15, 0.2) is 30.5 Å². The molecule has 1 aromatic heterocycles. The van der Waals surface area contributed by atoms with Gasteiger partial charge in [0.15, 0.2) is 0 Å². The molecule has 148 valence electrons. The van der Waals surface area contributed by atoms with Crippen LogP contribution in [0.3, 0.4) is 0 Å². The first kappa shape index (κ1) is 21.5. The van der Waals surface area contributed by atoms with Gasteiger partial charge in [-0.25, -0.2) is 14.3 Å². The van der Waals surface area contributed by atoms with Crippen molar-refractivity contribution >= 4 is 31.5 Å². The number of aromatic nitrogens is 2. The molecule has 2 rings (SSSR count). The molecule has 0 saturated carbocycles. The number of nitrogens with one attached hydrogen (secondary N) is 1. The third-order valence-electron chi connectivity index (χ3n) is 3.95. The number of nitrogen functional groups attached to an aromatic ring is 1. The number of rotatable bonds is 7. The lowest BCUT2D eigenvalue weighted by molar-refractivity contribution is -0.116. The molecule has 0 unspecified atom stereocenters. The van der Waals surface area contributed by atoms with E-state index >= 15 is 0 Å². The van der Waals surface area contributed by atoms with Crippen LogP contribution in [-0.2, 0) is 9.53 Å². The molecule has 28 heavy (non-hydrogen) atoms. The predicted octanol–water partition coefficient (Wildman–Crippen LogP) is 4.00. The average Bonchev–Trinajstić information content (AvgIpc) is 2.99. The van der Waals surface area contributed by atoms with Crippen LogP contribution in [0.4, 0.5) is 16.4 Å². The zero-order valence-corrected chi connectivity index (χ0v) is 16.7. The molecule has 2 aromatic rings. The third kappa shape index (κ3) is 5.87. The number of amides is 1. The molecule has 0 aliphatic rings. The van der Waals surface area contributed by atoms with Crippen LogP contribution < -0.4 is 11.1 Å². The van der Waals surface area contributed by atoms with Gasteiger partial charge in [0.2, 0.25) is 11.9 Å². The summed E-state index contributed by atoms with van der Waals surface area (Å²) in [4.78, 5) is 28.9. The van der Waals surface area contributed by atoms with E-state index in [1.54, 1.807) is 32.9 Å². The normalized spacial score (nSPS) is 11.2. The molecule has 0 spiro atoms. The Morgan fingerprint density at radius 3 is 2.61 bits per heavy atom. The zero-order chi connectivity index (χ0) is 20.7. The van der Waals surface area contributed by atoms with Gasteiger partial charge in [-0.2, -0.15) is 0 Å². The number of anilines is 2. The van der Waals surface area contributed by atoms with Gasteiger partial charge in [0.05, 0.1) is 25.4 Å². The van der Waals surface area contributed by atoms with Gasteiger partial charge in [-0.05, 0) is 33.3 Å². The number of imidazole rings is 1. The van der Waals surface area contributed by atoms with E-state index in [4.69, 9.17) is 18.3 Å². The first-order valence-corrected chi connectivity index (χ1v) is 9.39. The smallest absolute Gasteiger partial charge is 0.421 e. The van der Waals surface area contributed by atoms with E-state index in [9.17, 15) is 9.59 Å². The summed E-state index contributed by atoms with van der Waals surface area (Å²) in [5, 5.41) is 2.91. The summed E-state index contributed by atoms with van der Waals surface area (Å²) in [5.74, 6) is -0.0760. The van der Waals surface area contributed by atoms with E-state index in [-0.39, 0.29) is 11.9 Å². The predicted molar refractivity (Wildman–Crippen MR) is 111 cm³/mol. The Labute approximate surface area is 167 Å². The summed E-state index contributed by atoms with van der Waals surface area (Å²) in [6.07, 6.45) is 4.48. The van der Waals surface area contributed by atoms with Crippen molar-refractivity contribution in [2.45, 2.75) is 58.4 Å².